The molecule has 0 spiro atoms. The number of hydrogen-bond acceptors (Lipinski definition) is 6. The van der Waals surface area contributed by atoms with Crippen molar-refractivity contribution in [2.75, 3.05) is 48.9 Å². The number of nitrogens with zero attached hydrogens (tertiary/aromatic N) is 1. The molecule has 0 aromatic heterocycles. The number of carbonyl (C=O) groups excluding carboxylic acids is 1. The van der Waals surface area contributed by atoms with Gasteiger partial charge < -0.3 is 11.1 Å². The fourth-order valence-electron chi connectivity index (χ4n) is 1.76. The number of amides is 1. The van der Waals surface area contributed by atoms with Crippen LogP contribution in [0.2, 0.25) is 0 Å². The zero-order valence-electron chi connectivity index (χ0n) is 12.1. The van der Waals surface area contributed by atoms with E-state index in [-0.39, 0.29) is 30.6 Å². The Balaban J connectivity index is 0.00000400. The Kier molecular flexibility index (Phi) is 11.1. The molecule has 1 atom stereocenters. The second kappa shape index (κ2) is 11.0. The summed E-state index contributed by atoms with van der Waals surface area (Å²) in [5.41, 5.74) is 5.71. The summed E-state index contributed by atoms with van der Waals surface area (Å²) in [4.78, 5) is 11.7. The van der Waals surface area contributed by atoms with E-state index in [1.165, 1.54) is 4.31 Å². The Hall–Kier alpha value is 0.330. The highest BCUT2D eigenvalue weighted by molar-refractivity contribution is 7.99. The molecule has 1 rings (SSSR count). The van der Waals surface area contributed by atoms with Gasteiger partial charge in [-0.2, -0.15) is 23.5 Å². The topological polar surface area (TPSA) is 92.5 Å². The van der Waals surface area contributed by atoms with Gasteiger partial charge in [0.05, 0.1) is 11.8 Å². The molecule has 0 unspecified atom stereocenters. The molecule has 10 heteroatoms. The fraction of sp³-hybridized carbons (Fsp3) is 0.909. The Morgan fingerprint density at radius 3 is 2.62 bits per heavy atom. The lowest BCUT2D eigenvalue weighted by Crippen LogP contribution is -2.45. The first kappa shape index (κ1) is 21.3. The molecular formula is C11H24ClN3O3S3. The summed E-state index contributed by atoms with van der Waals surface area (Å²) in [5.74, 6) is 2.16. The van der Waals surface area contributed by atoms with E-state index in [1.807, 2.05) is 6.26 Å². The Labute approximate surface area is 141 Å². The van der Waals surface area contributed by atoms with Crippen LogP contribution >= 0.6 is 35.9 Å². The van der Waals surface area contributed by atoms with Gasteiger partial charge in [-0.15, -0.1) is 12.4 Å². The number of sulfonamides is 1. The predicted molar refractivity (Wildman–Crippen MR) is 93.9 cm³/mol. The molecule has 3 N–H and O–H groups in total. The van der Waals surface area contributed by atoms with Crippen LogP contribution in [0.5, 0.6) is 0 Å². The van der Waals surface area contributed by atoms with Crippen LogP contribution in [-0.4, -0.2) is 73.6 Å². The van der Waals surface area contributed by atoms with E-state index in [9.17, 15) is 13.2 Å². The van der Waals surface area contributed by atoms with Crippen molar-refractivity contribution < 1.29 is 13.2 Å². The number of halogens is 1. The summed E-state index contributed by atoms with van der Waals surface area (Å²) in [6, 6.07) is -0.559. The molecule has 1 aliphatic rings. The lowest BCUT2D eigenvalue weighted by Gasteiger charge is -2.25. The zero-order valence-corrected chi connectivity index (χ0v) is 15.4. The molecule has 0 aromatic carbocycles. The number of thioether (sulfide) groups is 2. The van der Waals surface area contributed by atoms with Gasteiger partial charge in [-0.3, -0.25) is 4.79 Å². The van der Waals surface area contributed by atoms with Crippen molar-refractivity contribution in [1.29, 1.82) is 0 Å². The number of carbonyl (C=O) groups is 1. The van der Waals surface area contributed by atoms with Crippen LogP contribution in [0.1, 0.15) is 6.42 Å². The van der Waals surface area contributed by atoms with Crippen molar-refractivity contribution in [3.63, 3.8) is 0 Å². The van der Waals surface area contributed by atoms with Gasteiger partial charge in [0.25, 0.3) is 0 Å². The van der Waals surface area contributed by atoms with Crippen molar-refractivity contribution in [3.05, 3.63) is 0 Å². The van der Waals surface area contributed by atoms with Crippen molar-refractivity contribution in [3.8, 4) is 0 Å². The van der Waals surface area contributed by atoms with E-state index in [0.717, 1.165) is 17.3 Å². The van der Waals surface area contributed by atoms with Gasteiger partial charge in [0, 0.05) is 31.1 Å². The molecule has 1 amide bonds. The second-order valence-corrected chi connectivity index (χ2v) is 8.81. The van der Waals surface area contributed by atoms with Gasteiger partial charge in [-0.05, 0) is 18.4 Å². The third kappa shape index (κ3) is 7.94. The third-order valence-electron chi connectivity index (χ3n) is 2.99. The molecular weight excluding hydrogens is 354 g/mol. The summed E-state index contributed by atoms with van der Waals surface area (Å²) in [6.45, 7) is 1.25. The summed E-state index contributed by atoms with van der Waals surface area (Å²) >= 11 is 3.39. The average Bonchev–Trinajstić information content (AvgIpc) is 2.45. The summed E-state index contributed by atoms with van der Waals surface area (Å²) in [6.07, 6.45) is 2.55. The quantitative estimate of drug-likeness (QED) is 0.617. The van der Waals surface area contributed by atoms with Gasteiger partial charge in [0.1, 0.15) is 0 Å². The summed E-state index contributed by atoms with van der Waals surface area (Å²) in [7, 11) is -3.26. The van der Waals surface area contributed by atoms with Crippen LogP contribution in [-0.2, 0) is 14.8 Å². The minimum atomic E-state index is -3.26. The smallest absolute Gasteiger partial charge is 0.236 e. The van der Waals surface area contributed by atoms with Crippen molar-refractivity contribution in [1.82, 2.24) is 9.62 Å². The molecule has 1 saturated heterocycles. The first-order valence-electron chi connectivity index (χ1n) is 6.55. The van der Waals surface area contributed by atoms with Crippen LogP contribution < -0.4 is 11.1 Å². The van der Waals surface area contributed by atoms with Crippen LogP contribution in [0.4, 0.5) is 0 Å². The van der Waals surface area contributed by atoms with Crippen LogP contribution in [0.3, 0.4) is 0 Å². The standard InChI is InChI=1S/C11H23N3O3S3.ClH/c1-18-6-2-10(12)11(15)13-3-9-20(16,17)14-4-7-19-8-5-14;/h10H,2-9,12H2,1H3,(H,13,15);1H/t10-;/m0./s1. The van der Waals surface area contributed by atoms with E-state index in [0.29, 0.717) is 19.5 Å². The third-order valence-corrected chi connectivity index (χ3v) is 6.45. The van der Waals surface area contributed by atoms with E-state index in [2.05, 4.69) is 5.32 Å². The average molecular weight is 378 g/mol. The molecule has 0 radical (unpaired) electrons. The molecule has 1 heterocycles. The lowest BCUT2D eigenvalue weighted by atomic mass is 10.2. The normalized spacial score (nSPS) is 17.8. The van der Waals surface area contributed by atoms with E-state index < -0.39 is 16.1 Å². The first-order chi connectivity index (χ1) is 9.47. The number of hydrogen-bond donors (Lipinski definition) is 2. The van der Waals surface area contributed by atoms with Gasteiger partial charge in [-0.1, -0.05) is 0 Å². The van der Waals surface area contributed by atoms with Crippen molar-refractivity contribution >= 4 is 51.9 Å². The fourth-order valence-corrected chi connectivity index (χ4v) is 4.75. The highest BCUT2D eigenvalue weighted by Crippen LogP contribution is 2.12. The summed E-state index contributed by atoms with van der Waals surface area (Å²) < 4.78 is 25.6. The highest BCUT2D eigenvalue weighted by atomic mass is 35.5. The molecule has 6 nitrogen and oxygen atoms in total. The maximum atomic E-state index is 12.0. The monoisotopic (exact) mass is 377 g/mol. The molecule has 1 aliphatic heterocycles. The number of nitrogens with two attached hydrogens (primary N) is 1. The van der Waals surface area contributed by atoms with E-state index in [1.54, 1.807) is 23.5 Å². The maximum Gasteiger partial charge on any atom is 0.236 e. The SMILES string of the molecule is CSCC[C@H](N)C(=O)NCCS(=O)(=O)N1CCSCC1.Cl. The molecule has 21 heavy (non-hydrogen) atoms. The molecule has 1 fully saturated rings. The van der Waals surface area contributed by atoms with E-state index >= 15 is 0 Å². The number of nitrogens with one attached hydrogen (secondary N) is 1. The Bertz CT molecular complexity index is 403. The minimum Gasteiger partial charge on any atom is -0.354 e. The van der Waals surface area contributed by atoms with Crippen molar-refractivity contribution in [2.45, 2.75) is 12.5 Å². The molecule has 0 aliphatic carbocycles. The zero-order chi connectivity index (χ0) is 15.0. The first-order valence-corrected chi connectivity index (χ1v) is 10.7. The predicted octanol–water partition coefficient (Wildman–Crippen LogP) is -0.0166. The maximum absolute atomic E-state index is 12.0. The molecule has 0 bridgehead atoms. The number of rotatable bonds is 8. The molecule has 0 saturated carbocycles. The van der Waals surface area contributed by atoms with Crippen LogP contribution in [0.15, 0.2) is 0 Å². The Morgan fingerprint density at radius 1 is 1.43 bits per heavy atom. The lowest BCUT2D eigenvalue weighted by molar-refractivity contribution is -0.122. The van der Waals surface area contributed by atoms with Gasteiger partial charge in [0.2, 0.25) is 15.9 Å². The van der Waals surface area contributed by atoms with Gasteiger partial charge >= 0.3 is 0 Å². The largest absolute Gasteiger partial charge is 0.354 e. The molecule has 126 valence electrons. The van der Waals surface area contributed by atoms with Gasteiger partial charge in [0.15, 0.2) is 0 Å². The summed E-state index contributed by atoms with van der Waals surface area (Å²) in [5, 5.41) is 2.60. The highest BCUT2D eigenvalue weighted by Gasteiger charge is 2.24. The van der Waals surface area contributed by atoms with E-state index in [4.69, 9.17) is 5.73 Å². The van der Waals surface area contributed by atoms with Crippen LogP contribution in [0, 0.1) is 0 Å². The Morgan fingerprint density at radius 2 is 2.05 bits per heavy atom. The molecule has 0 aromatic rings. The van der Waals surface area contributed by atoms with Gasteiger partial charge in [-0.25, -0.2) is 12.7 Å². The second-order valence-electron chi connectivity index (χ2n) is 4.51. The van der Waals surface area contributed by atoms with Crippen LogP contribution in [0.25, 0.3) is 0 Å². The van der Waals surface area contributed by atoms with Crippen molar-refractivity contribution in [2.24, 2.45) is 5.73 Å². The minimum absolute atomic E-state index is 0.